The number of piperazine rings is 1. The summed E-state index contributed by atoms with van der Waals surface area (Å²) in [5.74, 6) is 0.655. The molecule has 0 aliphatic carbocycles. The Balaban J connectivity index is 1.88. The third-order valence-electron chi connectivity index (χ3n) is 3.97. The van der Waals surface area contributed by atoms with Gasteiger partial charge in [-0.25, -0.2) is 0 Å². The van der Waals surface area contributed by atoms with Crippen molar-refractivity contribution in [2.24, 2.45) is 0 Å². The molecule has 0 bridgehead atoms. The first-order chi connectivity index (χ1) is 10.5. The molecule has 1 aromatic rings. The van der Waals surface area contributed by atoms with Crippen molar-refractivity contribution in [1.29, 1.82) is 0 Å². The van der Waals surface area contributed by atoms with Crippen LogP contribution in [0.15, 0.2) is 33.6 Å². The number of rotatable bonds is 5. The third-order valence-corrected chi connectivity index (χ3v) is 5.44. The van der Waals surface area contributed by atoms with Gasteiger partial charge in [0.25, 0.3) is 0 Å². The topological polar surface area (TPSA) is 43.8 Å². The zero-order chi connectivity index (χ0) is 16.1. The molecule has 1 saturated heterocycles. The van der Waals surface area contributed by atoms with Gasteiger partial charge >= 0.3 is 0 Å². The average Bonchev–Trinajstić information content (AvgIpc) is 2.48. The first kappa shape index (κ1) is 17.8. The van der Waals surface area contributed by atoms with Gasteiger partial charge in [0, 0.05) is 41.1 Å². The minimum absolute atomic E-state index is 0.168. The summed E-state index contributed by atoms with van der Waals surface area (Å²) < 4.78 is 1.03. The van der Waals surface area contributed by atoms with E-state index >= 15 is 0 Å². The number of amides is 1. The molecule has 6 heteroatoms. The number of nitrogens with zero attached hydrogens (tertiary/aromatic N) is 2. The maximum Gasteiger partial charge on any atom is 0.233 e. The van der Waals surface area contributed by atoms with Crippen LogP contribution in [0.5, 0.6) is 0 Å². The fraction of sp³-hybridized carbons (Fsp3) is 0.562. The summed E-state index contributed by atoms with van der Waals surface area (Å²) in [6, 6.07) is 8.59. The van der Waals surface area contributed by atoms with E-state index in [1.54, 1.807) is 11.8 Å². The summed E-state index contributed by atoms with van der Waals surface area (Å²) in [6.07, 6.45) is 0. The summed E-state index contributed by atoms with van der Waals surface area (Å²) in [4.78, 5) is 17.8. The summed E-state index contributed by atoms with van der Waals surface area (Å²) in [5.41, 5.74) is 0. The van der Waals surface area contributed by atoms with Gasteiger partial charge in [-0.3, -0.25) is 9.69 Å². The van der Waals surface area contributed by atoms with E-state index in [1.807, 2.05) is 29.2 Å². The van der Waals surface area contributed by atoms with Crippen LogP contribution < -0.4 is 0 Å². The van der Waals surface area contributed by atoms with Crippen molar-refractivity contribution in [1.82, 2.24) is 9.80 Å². The van der Waals surface area contributed by atoms with Crippen LogP contribution in [0.1, 0.15) is 13.8 Å². The molecule has 2 rings (SSSR count). The first-order valence-electron chi connectivity index (χ1n) is 7.54. The number of aliphatic hydroxyl groups excluding tert-OH is 1. The lowest BCUT2D eigenvalue weighted by Crippen LogP contribution is -2.58. The van der Waals surface area contributed by atoms with Crippen molar-refractivity contribution in [3.05, 3.63) is 28.7 Å². The summed E-state index contributed by atoms with van der Waals surface area (Å²) in [6.45, 7) is 6.56. The highest BCUT2D eigenvalue weighted by molar-refractivity contribution is 9.10. The van der Waals surface area contributed by atoms with E-state index in [9.17, 15) is 4.79 Å². The van der Waals surface area contributed by atoms with E-state index in [4.69, 9.17) is 5.11 Å². The predicted octanol–water partition coefficient (Wildman–Crippen LogP) is 2.45. The van der Waals surface area contributed by atoms with Crippen LogP contribution >= 0.6 is 27.7 Å². The summed E-state index contributed by atoms with van der Waals surface area (Å²) >= 11 is 5.02. The van der Waals surface area contributed by atoms with Crippen LogP contribution in [0.3, 0.4) is 0 Å². The molecule has 0 spiro atoms. The minimum Gasteiger partial charge on any atom is -0.395 e. The Morgan fingerprint density at radius 2 is 2.05 bits per heavy atom. The molecule has 0 radical (unpaired) electrons. The number of benzene rings is 1. The second kappa shape index (κ2) is 8.34. The van der Waals surface area contributed by atoms with Gasteiger partial charge in [0.2, 0.25) is 5.91 Å². The third kappa shape index (κ3) is 4.72. The molecule has 1 heterocycles. The Bertz CT molecular complexity index is 503. The second-order valence-corrected chi connectivity index (χ2v) is 7.67. The van der Waals surface area contributed by atoms with Crippen molar-refractivity contribution in [3.8, 4) is 0 Å². The van der Waals surface area contributed by atoms with Crippen LogP contribution in [-0.2, 0) is 4.79 Å². The molecule has 0 saturated carbocycles. The van der Waals surface area contributed by atoms with Crippen LogP contribution in [0, 0.1) is 0 Å². The van der Waals surface area contributed by atoms with E-state index in [0.717, 1.165) is 22.5 Å². The Morgan fingerprint density at radius 3 is 2.64 bits per heavy atom. The standard InChI is InChI=1S/C16H23BrN2O2S/c1-12-9-18(10-13(2)19(12)6-7-20)16(21)11-22-15-5-3-4-14(17)8-15/h3-5,8,12-13,20H,6-7,9-11H2,1-2H3/t12-,13+. The molecule has 22 heavy (non-hydrogen) atoms. The highest BCUT2D eigenvalue weighted by Gasteiger charge is 2.31. The van der Waals surface area contributed by atoms with Crippen LogP contribution in [0.4, 0.5) is 0 Å². The molecule has 0 aromatic heterocycles. The van der Waals surface area contributed by atoms with E-state index < -0.39 is 0 Å². The molecule has 122 valence electrons. The predicted molar refractivity (Wildman–Crippen MR) is 94.2 cm³/mol. The maximum atomic E-state index is 12.4. The molecule has 1 N–H and O–H groups in total. The van der Waals surface area contributed by atoms with Crippen molar-refractivity contribution in [2.45, 2.75) is 30.8 Å². The van der Waals surface area contributed by atoms with Crippen LogP contribution in [0.25, 0.3) is 0 Å². The summed E-state index contributed by atoms with van der Waals surface area (Å²) in [7, 11) is 0. The fourth-order valence-corrected chi connectivity index (χ4v) is 4.32. The van der Waals surface area contributed by atoms with Gasteiger partial charge < -0.3 is 10.0 Å². The quantitative estimate of drug-likeness (QED) is 0.789. The maximum absolute atomic E-state index is 12.4. The Kier molecular flexibility index (Phi) is 6.74. The molecule has 1 amide bonds. The SMILES string of the molecule is C[C@@H]1CN(C(=O)CSc2cccc(Br)c2)C[C@H](C)N1CCO. The van der Waals surface area contributed by atoms with Crippen LogP contribution in [0.2, 0.25) is 0 Å². The number of carbonyl (C=O) groups is 1. The van der Waals surface area contributed by atoms with Gasteiger partial charge in [0.1, 0.15) is 0 Å². The monoisotopic (exact) mass is 386 g/mol. The average molecular weight is 387 g/mol. The molecule has 0 unspecified atom stereocenters. The van der Waals surface area contributed by atoms with Gasteiger partial charge in [0.15, 0.2) is 0 Å². The van der Waals surface area contributed by atoms with Gasteiger partial charge in [-0.2, -0.15) is 0 Å². The Hall–Kier alpha value is -0.560. The van der Waals surface area contributed by atoms with E-state index in [0.29, 0.717) is 12.3 Å². The van der Waals surface area contributed by atoms with Gasteiger partial charge in [-0.15, -0.1) is 11.8 Å². The number of halogens is 1. The van der Waals surface area contributed by atoms with E-state index in [1.165, 1.54) is 0 Å². The van der Waals surface area contributed by atoms with Crippen molar-refractivity contribution in [2.75, 3.05) is 32.0 Å². The van der Waals surface area contributed by atoms with Crippen molar-refractivity contribution in [3.63, 3.8) is 0 Å². The smallest absolute Gasteiger partial charge is 0.233 e. The number of aliphatic hydroxyl groups is 1. The highest BCUT2D eigenvalue weighted by Crippen LogP contribution is 2.23. The molecule has 1 aromatic carbocycles. The lowest BCUT2D eigenvalue weighted by atomic mass is 10.1. The largest absolute Gasteiger partial charge is 0.395 e. The molecular formula is C16H23BrN2O2S. The molecular weight excluding hydrogens is 364 g/mol. The number of hydrogen-bond acceptors (Lipinski definition) is 4. The zero-order valence-corrected chi connectivity index (χ0v) is 15.4. The van der Waals surface area contributed by atoms with Crippen molar-refractivity contribution >= 4 is 33.6 Å². The number of β-amino-alcohol motifs (C(OH)–C–C–N with tert-alkyl or cyclic N) is 1. The first-order valence-corrected chi connectivity index (χ1v) is 9.32. The Morgan fingerprint density at radius 1 is 1.36 bits per heavy atom. The second-order valence-electron chi connectivity index (χ2n) is 5.70. The molecule has 1 aliphatic rings. The van der Waals surface area contributed by atoms with Crippen molar-refractivity contribution < 1.29 is 9.90 Å². The lowest BCUT2D eigenvalue weighted by molar-refractivity contribution is -0.132. The summed E-state index contributed by atoms with van der Waals surface area (Å²) in [5, 5.41) is 9.13. The van der Waals surface area contributed by atoms with Gasteiger partial charge in [0.05, 0.1) is 12.4 Å². The number of hydrogen-bond donors (Lipinski definition) is 1. The van der Waals surface area contributed by atoms with E-state index in [2.05, 4.69) is 34.7 Å². The normalized spacial score (nSPS) is 22.8. The van der Waals surface area contributed by atoms with Gasteiger partial charge in [-0.05, 0) is 32.0 Å². The lowest BCUT2D eigenvalue weighted by Gasteiger charge is -2.44. The molecule has 2 atom stereocenters. The number of thioether (sulfide) groups is 1. The fourth-order valence-electron chi connectivity index (χ4n) is 2.91. The highest BCUT2D eigenvalue weighted by atomic mass is 79.9. The van der Waals surface area contributed by atoms with Crippen LogP contribution in [-0.4, -0.2) is 64.9 Å². The molecule has 1 aliphatic heterocycles. The van der Waals surface area contributed by atoms with Gasteiger partial charge in [-0.1, -0.05) is 22.0 Å². The Labute approximate surface area is 145 Å². The number of carbonyl (C=O) groups excluding carboxylic acids is 1. The zero-order valence-electron chi connectivity index (χ0n) is 13.0. The molecule has 1 fully saturated rings. The van der Waals surface area contributed by atoms with E-state index in [-0.39, 0.29) is 24.6 Å². The minimum atomic E-state index is 0.168. The molecule has 4 nitrogen and oxygen atoms in total.